The highest BCUT2D eigenvalue weighted by Gasteiger charge is 2.37. The Morgan fingerprint density at radius 1 is 0.926 bits per heavy atom. The van der Waals surface area contributed by atoms with Crippen molar-refractivity contribution in [2.45, 2.75) is 38.4 Å². The number of pyridine rings is 1. The summed E-state index contributed by atoms with van der Waals surface area (Å²) in [7, 11) is -4.20. The molecule has 3 aromatic carbocycles. The number of ether oxygens (including phenoxy) is 1. The van der Waals surface area contributed by atoms with Crippen molar-refractivity contribution in [1.29, 1.82) is 0 Å². The van der Waals surface area contributed by atoms with E-state index in [9.17, 15) is 27.9 Å². The summed E-state index contributed by atoms with van der Waals surface area (Å²) in [4.78, 5) is 32.3. The van der Waals surface area contributed by atoms with Gasteiger partial charge in [-0.05, 0) is 79.6 Å². The summed E-state index contributed by atoms with van der Waals surface area (Å²) in [6.07, 6.45) is 5.40. The molecule has 282 valence electrons. The fourth-order valence-electron chi connectivity index (χ4n) is 6.46. The SMILES string of the molecule is Cc1c2cc(n1C)-c1cc(Cl)ccc1C(=O)N1CCc3c(cccc3OCCC[n+]3cccc(c3)N(c3ccc(O)cc3)C2=O)C1.O=S(=O)([O-])C(F)(F)F. The second-order valence-electron chi connectivity index (χ2n) is 12.7. The summed E-state index contributed by atoms with van der Waals surface area (Å²) in [6, 6.07) is 23.6. The summed E-state index contributed by atoms with van der Waals surface area (Å²) >= 11 is 6.53. The quantitative estimate of drug-likeness (QED) is 0.114. The van der Waals surface area contributed by atoms with Crippen LogP contribution in [0.3, 0.4) is 0 Å². The molecule has 54 heavy (non-hydrogen) atoms. The number of anilines is 2. The molecular formula is C38H34ClF3N4O7S. The van der Waals surface area contributed by atoms with Crippen LogP contribution in [0, 0.1) is 6.92 Å². The zero-order chi connectivity index (χ0) is 38.9. The van der Waals surface area contributed by atoms with Crippen LogP contribution in [0.5, 0.6) is 11.5 Å². The number of benzene rings is 3. The van der Waals surface area contributed by atoms with Gasteiger partial charge in [-0.1, -0.05) is 23.7 Å². The summed E-state index contributed by atoms with van der Waals surface area (Å²) in [5, 5.41) is 10.5. The molecule has 3 aliphatic heterocycles. The number of fused-ring (bicyclic) bond motifs is 5. The van der Waals surface area contributed by atoms with Crippen LogP contribution in [0.15, 0.2) is 91.3 Å². The minimum Gasteiger partial charge on any atom is -0.741 e. The summed E-state index contributed by atoms with van der Waals surface area (Å²) < 4.78 is 69.2. The average Bonchev–Trinajstić information content (AvgIpc) is 3.43. The number of halogens is 4. The standard InChI is InChI=1S/C37H33ClN4O4.CHF3O3S/c1-24-32-21-34(39(24)2)33-20-26(38)9-14-31(33)36(44)41-18-15-30-25(22-41)6-3-8-35(30)46-19-5-17-40-16-4-7-28(23-40)42(37(32)45)27-10-12-29(43)13-11-27;2-1(3,4)8(5,6)7/h3-4,6-14,16,20-21,23H,5,15,17-19,22H2,1-2H3;(H,5,6,7). The summed E-state index contributed by atoms with van der Waals surface area (Å²) in [5.74, 6) is 0.641. The second-order valence-corrected chi connectivity index (χ2v) is 14.5. The monoisotopic (exact) mass is 782 g/mol. The van der Waals surface area contributed by atoms with Gasteiger partial charge in [0.05, 0.1) is 12.2 Å². The van der Waals surface area contributed by atoms with Crippen LogP contribution in [0.25, 0.3) is 11.3 Å². The molecule has 0 atom stereocenters. The largest absolute Gasteiger partial charge is 0.741 e. The Kier molecular flexibility index (Phi) is 10.8. The summed E-state index contributed by atoms with van der Waals surface area (Å²) in [6.45, 7) is 4.16. The fraction of sp³-hybridized carbons (Fsp3) is 0.237. The van der Waals surface area contributed by atoms with E-state index in [0.717, 1.165) is 29.0 Å². The molecule has 0 saturated carbocycles. The molecule has 8 bridgehead atoms. The van der Waals surface area contributed by atoms with Crippen LogP contribution in [0.2, 0.25) is 5.02 Å². The van der Waals surface area contributed by atoms with E-state index in [2.05, 4.69) is 10.6 Å². The minimum absolute atomic E-state index is 0.0932. The Morgan fingerprint density at radius 2 is 1.65 bits per heavy atom. The highest BCUT2D eigenvalue weighted by molar-refractivity contribution is 7.86. The van der Waals surface area contributed by atoms with Gasteiger partial charge in [-0.15, -0.1) is 0 Å². The number of phenolic OH excluding ortho intramolecular Hbond substituents is 1. The van der Waals surface area contributed by atoms with E-state index < -0.39 is 15.6 Å². The van der Waals surface area contributed by atoms with Crippen molar-refractivity contribution in [2.24, 2.45) is 7.05 Å². The number of amides is 2. The predicted octanol–water partition coefficient (Wildman–Crippen LogP) is 6.66. The van der Waals surface area contributed by atoms with Crippen molar-refractivity contribution in [1.82, 2.24) is 9.47 Å². The third-order valence-electron chi connectivity index (χ3n) is 9.28. The number of hydrogen-bond donors (Lipinski definition) is 1. The number of carbonyl (C=O) groups is 2. The molecule has 0 unspecified atom stereocenters. The molecule has 5 aromatic rings. The van der Waals surface area contributed by atoms with Gasteiger partial charge in [0.15, 0.2) is 29.1 Å². The van der Waals surface area contributed by atoms with E-state index in [0.29, 0.717) is 71.4 Å². The van der Waals surface area contributed by atoms with Crippen LogP contribution in [-0.2, 0) is 36.7 Å². The molecule has 2 amide bonds. The Morgan fingerprint density at radius 3 is 2.35 bits per heavy atom. The number of carbonyl (C=O) groups excluding carboxylic acids is 2. The lowest BCUT2D eigenvalue weighted by Crippen LogP contribution is -2.37. The maximum Gasteiger partial charge on any atom is 0.485 e. The van der Waals surface area contributed by atoms with Crippen LogP contribution in [0.1, 0.15) is 44.0 Å². The Bertz CT molecular complexity index is 2350. The molecule has 16 heteroatoms. The van der Waals surface area contributed by atoms with Crippen molar-refractivity contribution in [3.8, 4) is 22.8 Å². The van der Waals surface area contributed by atoms with Gasteiger partial charge >= 0.3 is 5.51 Å². The van der Waals surface area contributed by atoms with Gasteiger partial charge in [-0.2, -0.15) is 13.2 Å². The van der Waals surface area contributed by atoms with E-state index in [1.54, 1.807) is 47.4 Å². The maximum absolute atomic E-state index is 14.6. The van der Waals surface area contributed by atoms with E-state index in [1.807, 2.05) is 66.2 Å². The smallest absolute Gasteiger partial charge is 0.485 e. The van der Waals surface area contributed by atoms with Gasteiger partial charge in [0, 0.05) is 71.4 Å². The third-order valence-corrected chi connectivity index (χ3v) is 10.1. The van der Waals surface area contributed by atoms with Crippen LogP contribution < -0.4 is 14.2 Å². The average molecular weight is 783 g/mol. The first-order chi connectivity index (χ1) is 25.5. The topological polar surface area (TPSA) is 136 Å². The van der Waals surface area contributed by atoms with Gasteiger partial charge in [0.1, 0.15) is 17.2 Å². The molecule has 0 aliphatic carbocycles. The maximum atomic E-state index is 14.6. The molecule has 0 saturated heterocycles. The van der Waals surface area contributed by atoms with Gasteiger partial charge in [-0.25, -0.2) is 13.0 Å². The first-order valence-corrected chi connectivity index (χ1v) is 18.5. The van der Waals surface area contributed by atoms with Gasteiger partial charge in [0.25, 0.3) is 11.8 Å². The van der Waals surface area contributed by atoms with Crippen LogP contribution in [-0.4, -0.2) is 58.0 Å². The van der Waals surface area contributed by atoms with E-state index in [-0.39, 0.29) is 17.6 Å². The molecule has 5 heterocycles. The Hall–Kier alpha value is -5.38. The second kappa shape index (κ2) is 15.2. The number of alkyl halides is 3. The fourth-order valence-corrected chi connectivity index (χ4v) is 6.63. The van der Waals surface area contributed by atoms with E-state index in [1.165, 1.54) is 0 Å². The van der Waals surface area contributed by atoms with Crippen molar-refractivity contribution in [3.63, 3.8) is 0 Å². The molecule has 8 rings (SSSR count). The van der Waals surface area contributed by atoms with Gasteiger partial charge < -0.3 is 23.9 Å². The highest BCUT2D eigenvalue weighted by atomic mass is 35.5. The molecule has 0 radical (unpaired) electrons. The molecule has 0 fully saturated rings. The Balaban J connectivity index is 0.000000561. The van der Waals surface area contributed by atoms with E-state index >= 15 is 0 Å². The third kappa shape index (κ3) is 7.93. The minimum atomic E-state index is -6.09. The number of rotatable bonds is 1. The zero-order valence-electron chi connectivity index (χ0n) is 29.0. The van der Waals surface area contributed by atoms with Crippen molar-refractivity contribution in [3.05, 3.63) is 124 Å². The van der Waals surface area contributed by atoms with Crippen LogP contribution >= 0.6 is 11.6 Å². The van der Waals surface area contributed by atoms with Crippen molar-refractivity contribution in [2.75, 3.05) is 18.1 Å². The molecular weight excluding hydrogens is 749 g/mol. The number of phenols is 1. The molecule has 11 nitrogen and oxygen atoms in total. The number of hydrogen-bond acceptors (Lipinski definition) is 7. The lowest BCUT2D eigenvalue weighted by molar-refractivity contribution is -0.696. The van der Waals surface area contributed by atoms with E-state index in [4.69, 9.17) is 29.3 Å². The first-order valence-electron chi connectivity index (χ1n) is 16.7. The van der Waals surface area contributed by atoms with Crippen molar-refractivity contribution < 1.29 is 50.1 Å². The number of nitrogens with zero attached hydrogens (tertiary/aromatic N) is 4. The normalized spacial score (nSPS) is 14.9. The first kappa shape index (κ1) is 38.3. The van der Waals surface area contributed by atoms with Gasteiger partial charge in [0.2, 0.25) is 0 Å². The lowest BCUT2D eigenvalue weighted by Gasteiger charge is -2.30. The number of aromatic nitrogens is 2. The van der Waals surface area contributed by atoms with Crippen LogP contribution in [0.4, 0.5) is 24.5 Å². The molecule has 2 aromatic heterocycles. The molecule has 0 spiro atoms. The molecule has 1 N–H and O–H groups in total. The highest BCUT2D eigenvalue weighted by Crippen LogP contribution is 2.36. The van der Waals surface area contributed by atoms with Gasteiger partial charge in [-0.3, -0.25) is 14.5 Å². The number of aromatic hydroxyl groups is 1. The Labute approximate surface area is 314 Å². The molecule has 3 aliphatic rings. The summed E-state index contributed by atoms with van der Waals surface area (Å²) in [5.41, 5.74) is 1.00. The number of aryl methyl sites for hydroxylation is 1. The zero-order valence-corrected chi connectivity index (χ0v) is 30.6. The lowest BCUT2D eigenvalue weighted by atomic mass is 9.96. The van der Waals surface area contributed by atoms with Crippen molar-refractivity contribution >= 4 is 44.9 Å². The predicted molar refractivity (Wildman–Crippen MR) is 193 cm³/mol.